The second-order valence-electron chi connectivity index (χ2n) is 4.37. The number of hydrogen-bond acceptors (Lipinski definition) is 1. The van der Waals surface area contributed by atoms with Crippen LogP contribution in [-0.4, -0.2) is 12.2 Å². The summed E-state index contributed by atoms with van der Waals surface area (Å²) in [7, 11) is 0. The van der Waals surface area contributed by atoms with Gasteiger partial charge in [-0.05, 0) is 17.7 Å². The van der Waals surface area contributed by atoms with Crippen LogP contribution in [0.3, 0.4) is 0 Å². The van der Waals surface area contributed by atoms with Crippen LogP contribution in [0.1, 0.15) is 19.4 Å². The van der Waals surface area contributed by atoms with E-state index in [1.807, 2.05) is 0 Å². The molecule has 1 rings (SSSR count). The maximum atomic E-state index is 13.6. The van der Waals surface area contributed by atoms with Gasteiger partial charge in [-0.3, -0.25) is 0 Å². The SMILES string of the molecule is CC(C)(c1ccc(Br)cc1F)C(N)C(F)(F)F. The van der Waals surface area contributed by atoms with Gasteiger partial charge >= 0.3 is 6.18 Å². The fourth-order valence-corrected chi connectivity index (χ4v) is 1.92. The summed E-state index contributed by atoms with van der Waals surface area (Å²) in [5.74, 6) is -0.705. The molecule has 1 nitrogen and oxygen atoms in total. The normalized spacial score (nSPS) is 14.8. The van der Waals surface area contributed by atoms with Gasteiger partial charge < -0.3 is 5.73 Å². The third-order valence-corrected chi connectivity index (χ3v) is 3.25. The van der Waals surface area contributed by atoms with Crippen molar-refractivity contribution in [2.24, 2.45) is 5.73 Å². The van der Waals surface area contributed by atoms with Crippen molar-refractivity contribution in [1.82, 2.24) is 0 Å². The summed E-state index contributed by atoms with van der Waals surface area (Å²) in [6.45, 7) is 2.55. The van der Waals surface area contributed by atoms with E-state index in [-0.39, 0.29) is 5.56 Å². The first kappa shape index (κ1) is 14.4. The van der Waals surface area contributed by atoms with Crippen molar-refractivity contribution in [2.75, 3.05) is 0 Å². The minimum atomic E-state index is -4.57. The zero-order chi connectivity index (χ0) is 13.4. The molecule has 0 spiro atoms. The Bertz CT molecular complexity index is 414. The summed E-state index contributed by atoms with van der Waals surface area (Å²) in [5.41, 5.74) is 3.59. The molecule has 96 valence electrons. The molecule has 1 unspecified atom stereocenters. The Morgan fingerprint density at radius 2 is 1.76 bits per heavy atom. The van der Waals surface area contributed by atoms with Crippen LogP contribution in [0.15, 0.2) is 22.7 Å². The molecule has 17 heavy (non-hydrogen) atoms. The lowest BCUT2D eigenvalue weighted by Crippen LogP contribution is -2.51. The van der Waals surface area contributed by atoms with E-state index in [0.29, 0.717) is 4.47 Å². The first-order chi connectivity index (χ1) is 7.56. The Labute approximate surface area is 105 Å². The van der Waals surface area contributed by atoms with E-state index in [4.69, 9.17) is 5.73 Å². The average Bonchev–Trinajstić information content (AvgIpc) is 2.14. The van der Waals surface area contributed by atoms with Crippen molar-refractivity contribution < 1.29 is 17.6 Å². The molecule has 6 heteroatoms. The molecule has 0 aliphatic rings. The van der Waals surface area contributed by atoms with Gasteiger partial charge in [-0.1, -0.05) is 35.8 Å². The summed E-state index contributed by atoms with van der Waals surface area (Å²) in [6.07, 6.45) is -4.57. The average molecular weight is 314 g/mol. The second kappa shape index (κ2) is 4.57. The summed E-state index contributed by atoms with van der Waals surface area (Å²) >= 11 is 3.05. The molecule has 0 fully saturated rings. The van der Waals surface area contributed by atoms with Crippen LogP contribution in [-0.2, 0) is 5.41 Å². The van der Waals surface area contributed by atoms with Gasteiger partial charge in [0.05, 0.1) is 0 Å². The fraction of sp³-hybridized carbons (Fsp3) is 0.455. The zero-order valence-corrected chi connectivity index (χ0v) is 10.9. The Balaban J connectivity index is 3.21. The van der Waals surface area contributed by atoms with Crippen LogP contribution >= 0.6 is 15.9 Å². The third kappa shape index (κ3) is 2.98. The van der Waals surface area contributed by atoms with Crippen LogP contribution in [0.2, 0.25) is 0 Å². The minimum Gasteiger partial charge on any atom is -0.319 e. The topological polar surface area (TPSA) is 26.0 Å². The molecular weight excluding hydrogens is 302 g/mol. The third-order valence-electron chi connectivity index (χ3n) is 2.76. The molecule has 0 saturated carbocycles. The van der Waals surface area contributed by atoms with E-state index < -0.39 is 23.5 Å². The molecule has 0 heterocycles. The Kier molecular flexibility index (Phi) is 3.88. The van der Waals surface area contributed by atoms with E-state index in [1.54, 1.807) is 0 Å². The highest BCUT2D eigenvalue weighted by atomic mass is 79.9. The van der Waals surface area contributed by atoms with Crippen molar-refractivity contribution in [2.45, 2.75) is 31.5 Å². The maximum absolute atomic E-state index is 13.6. The van der Waals surface area contributed by atoms with Crippen molar-refractivity contribution in [3.63, 3.8) is 0 Å². The lowest BCUT2D eigenvalue weighted by atomic mass is 9.77. The van der Waals surface area contributed by atoms with Gasteiger partial charge in [0.25, 0.3) is 0 Å². The van der Waals surface area contributed by atoms with Gasteiger partial charge in [-0.2, -0.15) is 13.2 Å². The Hall–Kier alpha value is -0.620. The van der Waals surface area contributed by atoms with Crippen molar-refractivity contribution in [3.8, 4) is 0 Å². The molecule has 0 aliphatic heterocycles. The predicted molar refractivity (Wildman–Crippen MR) is 61.2 cm³/mol. The summed E-state index contributed by atoms with van der Waals surface area (Å²) in [5, 5.41) is 0. The summed E-state index contributed by atoms with van der Waals surface area (Å²) in [4.78, 5) is 0. The van der Waals surface area contributed by atoms with E-state index in [9.17, 15) is 17.6 Å². The molecular formula is C11H12BrF4N. The highest BCUT2D eigenvalue weighted by molar-refractivity contribution is 9.10. The first-order valence-electron chi connectivity index (χ1n) is 4.84. The van der Waals surface area contributed by atoms with Gasteiger partial charge in [0.1, 0.15) is 11.9 Å². The highest BCUT2D eigenvalue weighted by Crippen LogP contribution is 2.36. The number of hydrogen-bond donors (Lipinski definition) is 1. The first-order valence-corrected chi connectivity index (χ1v) is 5.64. The Morgan fingerprint density at radius 3 is 2.18 bits per heavy atom. The smallest absolute Gasteiger partial charge is 0.319 e. The summed E-state index contributed by atoms with van der Waals surface area (Å²) < 4.78 is 51.9. The lowest BCUT2D eigenvalue weighted by Gasteiger charge is -2.33. The molecule has 0 aromatic heterocycles. The van der Waals surface area contributed by atoms with Gasteiger partial charge in [0.2, 0.25) is 0 Å². The molecule has 1 atom stereocenters. The van der Waals surface area contributed by atoms with Gasteiger partial charge in [-0.25, -0.2) is 4.39 Å². The van der Waals surface area contributed by atoms with E-state index >= 15 is 0 Å². The van der Waals surface area contributed by atoms with Crippen molar-refractivity contribution in [1.29, 1.82) is 0 Å². The monoisotopic (exact) mass is 313 g/mol. The van der Waals surface area contributed by atoms with Gasteiger partial charge in [0.15, 0.2) is 0 Å². The van der Waals surface area contributed by atoms with E-state index in [0.717, 1.165) is 6.07 Å². The molecule has 2 N–H and O–H groups in total. The quantitative estimate of drug-likeness (QED) is 0.827. The second-order valence-corrected chi connectivity index (χ2v) is 5.28. The van der Waals surface area contributed by atoms with Crippen molar-refractivity contribution >= 4 is 15.9 Å². The largest absolute Gasteiger partial charge is 0.404 e. The van der Waals surface area contributed by atoms with Gasteiger partial charge in [-0.15, -0.1) is 0 Å². The van der Waals surface area contributed by atoms with Crippen molar-refractivity contribution in [3.05, 3.63) is 34.1 Å². The highest BCUT2D eigenvalue weighted by Gasteiger charge is 2.48. The molecule has 0 amide bonds. The molecule has 0 bridgehead atoms. The predicted octanol–water partition coefficient (Wildman–Crippen LogP) is 3.76. The van der Waals surface area contributed by atoms with Gasteiger partial charge in [0, 0.05) is 9.89 Å². The Morgan fingerprint density at radius 1 is 1.24 bits per heavy atom. The number of benzene rings is 1. The fourth-order valence-electron chi connectivity index (χ4n) is 1.59. The van der Waals surface area contributed by atoms with E-state index in [2.05, 4.69) is 15.9 Å². The van der Waals surface area contributed by atoms with Crippen LogP contribution in [0, 0.1) is 5.82 Å². The maximum Gasteiger partial charge on any atom is 0.404 e. The standard InChI is InChI=1S/C11H12BrF4N/c1-10(2,9(17)11(14,15)16)7-4-3-6(12)5-8(7)13/h3-5,9H,17H2,1-2H3. The molecule has 0 radical (unpaired) electrons. The number of rotatable bonds is 2. The summed E-state index contributed by atoms with van der Waals surface area (Å²) in [6, 6.07) is 1.81. The number of halogens is 5. The lowest BCUT2D eigenvalue weighted by molar-refractivity contribution is -0.160. The molecule has 1 aromatic carbocycles. The molecule has 0 aliphatic carbocycles. The number of alkyl halides is 3. The van der Waals surface area contributed by atoms with Crippen LogP contribution in [0.5, 0.6) is 0 Å². The minimum absolute atomic E-state index is 0.0504. The van der Waals surface area contributed by atoms with Crippen LogP contribution < -0.4 is 5.73 Å². The van der Waals surface area contributed by atoms with Crippen LogP contribution in [0.4, 0.5) is 17.6 Å². The van der Waals surface area contributed by atoms with Crippen LogP contribution in [0.25, 0.3) is 0 Å². The van der Waals surface area contributed by atoms with E-state index in [1.165, 1.54) is 26.0 Å². The number of nitrogens with two attached hydrogens (primary N) is 1. The zero-order valence-electron chi connectivity index (χ0n) is 9.28. The molecule has 1 aromatic rings. The molecule has 0 saturated heterocycles.